The van der Waals surface area contributed by atoms with E-state index >= 15 is 0 Å². The zero-order valence-electron chi connectivity index (χ0n) is 7.95. The lowest BCUT2D eigenvalue weighted by atomic mass is 10.2. The van der Waals surface area contributed by atoms with Crippen molar-refractivity contribution in [2.75, 3.05) is 5.32 Å². The van der Waals surface area contributed by atoms with Crippen LogP contribution in [0, 0.1) is 0 Å². The normalized spacial score (nSPS) is 15.8. The van der Waals surface area contributed by atoms with Gasteiger partial charge >= 0.3 is 0 Å². The van der Waals surface area contributed by atoms with Gasteiger partial charge in [-0.25, -0.2) is 9.97 Å². The van der Waals surface area contributed by atoms with Gasteiger partial charge in [0.15, 0.2) is 0 Å². The fourth-order valence-electron chi connectivity index (χ4n) is 1.27. The topological polar surface area (TPSA) is 37.8 Å². The van der Waals surface area contributed by atoms with Crippen molar-refractivity contribution in [3.8, 4) is 0 Å². The summed E-state index contributed by atoms with van der Waals surface area (Å²) in [6.07, 6.45) is 6.55. The zero-order chi connectivity index (χ0) is 9.10. The van der Waals surface area contributed by atoms with Crippen LogP contribution in [-0.2, 0) is 6.42 Å². The second-order valence-electron chi connectivity index (χ2n) is 3.54. The van der Waals surface area contributed by atoms with Crippen LogP contribution in [0.25, 0.3) is 0 Å². The van der Waals surface area contributed by atoms with Crippen LogP contribution in [-0.4, -0.2) is 16.0 Å². The molecule has 0 aliphatic heterocycles. The Morgan fingerprint density at radius 2 is 2.38 bits per heavy atom. The van der Waals surface area contributed by atoms with Gasteiger partial charge in [-0.15, -0.1) is 0 Å². The Bertz CT molecular complexity index is 281. The predicted molar refractivity (Wildman–Crippen MR) is 52.7 cm³/mol. The van der Waals surface area contributed by atoms with Crippen LogP contribution in [0.4, 0.5) is 5.95 Å². The fraction of sp³-hybridized carbons (Fsp3) is 0.600. The van der Waals surface area contributed by atoms with Gasteiger partial charge in [-0.1, -0.05) is 13.3 Å². The van der Waals surface area contributed by atoms with Gasteiger partial charge in [0, 0.05) is 17.9 Å². The molecule has 1 heterocycles. The molecule has 2 rings (SSSR count). The quantitative estimate of drug-likeness (QED) is 0.764. The Balaban J connectivity index is 2.02. The summed E-state index contributed by atoms with van der Waals surface area (Å²) in [4.78, 5) is 8.60. The zero-order valence-corrected chi connectivity index (χ0v) is 7.95. The number of rotatable bonds is 4. The molecule has 1 aliphatic carbocycles. The maximum Gasteiger partial charge on any atom is 0.223 e. The standard InChI is InChI=1S/C10H15N3/c1-2-3-8-6-7-11-10(12-8)13-9-4-5-9/h6-7,9H,2-5H2,1H3,(H,11,12,13). The SMILES string of the molecule is CCCc1ccnc(NC2CC2)n1. The van der Waals surface area contributed by atoms with E-state index in [2.05, 4.69) is 22.2 Å². The van der Waals surface area contributed by atoms with E-state index in [4.69, 9.17) is 0 Å². The van der Waals surface area contributed by atoms with Crippen molar-refractivity contribution >= 4 is 5.95 Å². The minimum Gasteiger partial charge on any atom is -0.351 e. The summed E-state index contributed by atoms with van der Waals surface area (Å²) in [6, 6.07) is 2.62. The summed E-state index contributed by atoms with van der Waals surface area (Å²) in [5.74, 6) is 0.799. The molecule has 0 aromatic carbocycles. The Kier molecular flexibility index (Phi) is 2.43. The monoisotopic (exact) mass is 177 g/mol. The number of nitrogens with zero attached hydrogens (tertiary/aromatic N) is 2. The molecule has 3 heteroatoms. The van der Waals surface area contributed by atoms with Crippen LogP contribution in [0.15, 0.2) is 12.3 Å². The molecule has 3 nitrogen and oxygen atoms in total. The van der Waals surface area contributed by atoms with E-state index in [9.17, 15) is 0 Å². The molecule has 1 fully saturated rings. The van der Waals surface area contributed by atoms with Gasteiger partial charge in [0.05, 0.1) is 0 Å². The maximum atomic E-state index is 4.42. The molecular formula is C10H15N3. The summed E-state index contributed by atoms with van der Waals surface area (Å²) >= 11 is 0. The van der Waals surface area contributed by atoms with Crippen LogP contribution in [0.5, 0.6) is 0 Å². The number of hydrogen-bond donors (Lipinski definition) is 1. The number of hydrogen-bond acceptors (Lipinski definition) is 3. The molecule has 0 saturated heterocycles. The smallest absolute Gasteiger partial charge is 0.223 e. The first-order valence-corrected chi connectivity index (χ1v) is 4.97. The number of anilines is 1. The molecule has 1 aromatic rings. The van der Waals surface area contributed by atoms with E-state index in [0.29, 0.717) is 6.04 Å². The van der Waals surface area contributed by atoms with E-state index < -0.39 is 0 Å². The van der Waals surface area contributed by atoms with Crippen molar-refractivity contribution in [1.82, 2.24) is 9.97 Å². The molecule has 1 aromatic heterocycles. The molecule has 0 spiro atoms. The third kappa shape index (κ3) is 2.41. The van der Waals surface area contributed by atoms with Crippen molar-refractivity contribution in [3.63, 3.8) is 0 Å². The fourth-order valence-corrected chi connectivity index (χ4v) is 1.27. The van der Waals surface area contributed by atoms with E-state index in [1.54, 1.807) is 0 Å². The highest BCUT2D eigenvalue weighted by Crippen LogP contribution is 2.22. The second-order valence-corrected chi connectivity index (χ2v) is 3.54. The molecule has 0 radical (unpaired) electrons. The first-order chi connectivity index (χ1) is 6.38. The lowest BCUT2D eigenvalue weighted by molar-refractivity contribution is 0.870. The molecular weight excluding hydrogens is 162 g/mol. The lowest BCUT2D eigenvalue weighted by Crippen LogP contribution is -2.06. The highest BCUT2D eigenvalue weighted by atomic mass is 15.1. The molecule has 1 N–H and O–H groups in total. The van der Waals surface area contributed by atoms with Gasteiger partial charge in [0.25, 0.3) is 0 Å². The van der Waals surface area contributed by atoms with Crippen molar-refractivity contribution < 1.29 is 0 Å². The van der Waals surface area contributed by atoms with Gasteiger partial charge in [-0.3, -0.25) is 0 Å². The Morgan fingerprint density at radius 1 is 1.54 bits per heavy atom. The number of aromatic nitrogens is 2. The molecule has 0 unspecified atom stereocenters. The van der Waals surface area contributed by atoms with Gasteiger partial charge in [0.1, 0.15) is 0 Å². The molecule has 1 saturated carbocycles. The van der Waals surface area contributed by atoms with Crippen LogP contribution in [0.2, 0.25) is 0 Å². The third-order valence-electron chi connectivity index (χ3n) is 2.13. The molecule has 1 aliphatic rings. The molecule has 70 valence electrons. The minimum atomic E-state index is 0.636. The maximum absolute atomic E-state index is 4.42. The molecule has 13 heavy (non-hydrogen) atoms. The third-order valence-corrected chi connectivity index (χ3v) is 2.13. The van der Waals surface area contributed by atoms with Crippen LogP contribution >= 0.6 is 0 Å². The number of aryl methyl sites for hydroxylation is 1. The van der Waals surface area contributed by atoms with E-state index in [-0.39, 0.29) is 0 Å². The number of nitrogens with one attached hydrogen (secondary N) is 1. The van der Waals surface area contributed by atoms with E-state index in [1.165, 1.54) is 12.8 Å². The average Bonchev–Trinajstić information content (AvgIpc) is 2.90. The van der Waals surface area contributed by atoms with Crippen molar-refractivity contribution in [2.45, 2.75) is 38.6 Å². The van der Waals surface area contributed by atoms with Gasteiger partial charge in [0.2, 0.25) is 5.95 Å². The summed E-state index contributed by atoms with van der Waals surface area (Å²) in [5, 5.41) is 3.29. The first kappa shape index (κ1) is 8.48. The van der Waals surface area contributed by atoms with Crippen molar-refractivity contribution in [1.29, 1.82) is 0 Å². The second kappa shape index (κ2) is 3.73. The lowest BCUT2D eigenvalue weighted by Gasteiger charge is -2.03. The minimum absolute atomic E-state index is 0.636. The highest BCUT2D eigenvalue weighted by Gasteiger charge is 2.21. The van der Waals surface area contributed by atoms with Crippen LogP contribution in [0.1, 0.15) is 31.9 Å². The Morgan fingerprint density at radius 3 is 3.08 bits per heavy atom. The van der Waals surface area contributed by atoms with E-state index in [1.807, 2.05) is 12.3 Å². The predicted octanol–water partition coefficient (Wildman–Crippen LogP) is 2.00. The van der Waals surface area contributed by atoms with Gasteiger partial charge in [-0.2, -0.15) is 0 Å². The van der Waals surface area contributed by atoms with Gasteiger partial charge < -0.3 is 5.32 Å². The molecule has 0 amide bonds. The average molecular weight is 177 g/mol. The summed E-state index contributed by atoms with van der Waals surface area (Å²) in [5.41, 5.74) is 1.14. The Hall–Kier alpha value is -1.12. The summed E-state index contributed by atoms with van der Waals surface area (Å²) in [7, 11) is 0. The van der Waals surface area contributed by atoms with Crippen molar-refractivity contribution in [2.24, 2.45) is 0 Å². The summed E-state index contributed by atoms with van der Waals surface area (Å²) < 4.78 is 0. The molecule has 0 atom stereocenters. The molecule has 0 bridgehead atoms. The van der Waals surface area contributed by atoms with Crippen LogP contribution in [0.3, 0.4) is 0 Å². The van der Waals surface area contributed by atoms with Crippen molar-refractivity contribution in [3.05, 3.63) is 18.0 Å². The van der Waals surface area contributed by atoms with E-state index in [0.717, 1.165) is 24.5 Å². The highest BCUT2D eigenvalue weighted by molar-refractivity contribution is 5.28. The van der Waals surface area contributed by atoms with Crippen LogP contribution < -0.4 is 5.32 Å². The Labute approximate surface area is 78.6 Å². The summed E-state index contributed by atoms with van der Waals surface area (Å²) in [6.45, 7) is 2.16. The largest absolute Gasteiger partial charge is 0.351 e. The first-order valence-electron chi connectivity index (χ1n) is 4.97. The van der Waals surface area contributed by atoms with Gasteiger partial charge in [-0.05, 0) is 25.3 Å².